The summed E-state index contributed by atoms with van der Waals surface area (Å²) in [6, 6.07) is 0. The summed E-state index contributed by atoms with van der Waals surface area (Å²) in [6.07, 6.45) is 10.4. The molecule has 1 heterocycles. The van der Waals surface area contributed by atoms with Gasteiger partial charge in [0.1, 0.15) is 6.79 Å². The van der Waals surface area contributed by atoms with Crippen molar-refractivity contribution in [3.05, 3.63) is 0 Å². The van der Waals surface area contributed by atoms with E-state index in [9.17, 15) is 0 Å². The lowest BCUT2D eigenvalue weighted by atomic mass is 9.97. The highest BCUT2D eigenvalue weighted by Gasteiger charge is 2.20. The van der Waals surface area contributed by atoms with Gasteiger partial charge in [0, 0.05) is 14.2 Å². The smallest absolute Gasteiger partial charge is 0.145 e. The maximum atomic E-state index is 6.09. The van der Waals surface area contributed by atoms with Crippen LogP contribution in [0, 0.1) is 0 Å². The lowest BCUT2D eigenvalue weighted by Crippen LogP contribution is -2.35. The van der Waals surface area contributed by atoms with Crippen LogP contribution in [0.4, 0.5) is 0 Å². The standard InChI is InChI=1S/C11H21NO.C3H8O2/c1-2-4-10(5-3-1)13-11-6-8-12-9-7-11;1-4-3-5-2/h10-12H,1-9H2;3H2,1-2H3. The number of hydrogen-bond donors (Lipinski definition) is 1. The molecule has 0 bridgehead atoms. The number of rotatable bonds is 4. The SMILES string of the molecule is C1CCC(OC2CCNCC2)CC1.COCOC. The van der Waals surface area contributed by atoms with Crippen LogP contribution in [0.5, 0.6) is 0 Å². The van der Waals surface area contributed by atoms with E-state index < -0.39 is 0 Å². The van der Waals surface area contributed by atoms with Gasteiger partial charge in [-0.05, 0) is 38.8 Å². The largest absolute Gasteiger partial charge is 0.375 e. The van der Waals surface area contributed by atoms with Crippen molar-refractivity contribution in [3.63, 3.8) is 0 Å². The van der Waals surface area contributed by atoms with E-state index in [-0.39, 0.29) is 0 Å². The summed E-state index contributed by atoms with van der Waals surface area (Å²) >= 11 is 0. The van der Waals surface area contributed by atoms with Gasteiger partial charge in [0.25, 0.3) is 0 Å². The second kappa shape index (κ2) is 10.7. The lowest BCUT2D eigenvalue weighted by molar-refractivity contribution is -0.0419. The molecule has 4 heteroatoms. The van der Waals surface area contributed by atoms with Crippen molar-refractivity contribution >= 4 is 0 Å². The summed E-state index contributed by atoms with van der Waals surface area (Å²) in [5.74, 6) is 0. The normalized spacial score (nSPS) is 22.3. The van der Waals surface area contributed by atoms with Crippen molar-refractivity contribution in [1.29, 1.82) is 0 Å². The second-order valence-electron chi connectivity index (χ2n) is 5.04. The average Bonchev–Trinajstić information content (AvgIpc) is 2.43. The minimum atomic E-state index is 0.389. The molecule has 4 nitrogen and oxygen atoms in total. The molecule has 2 fully saturated rings. The zero-order valence-electron chi connectivity index (χ0n) is 12.0. The summed E-state index contributed by atoms with van der Waals surface area (Å²) in [6.45, 7) is 2.69. The van der Waals surface area contributed by atoms with E-state index in [1.165, 1.54) is 44.9 Å². The predicted molar refractivity (Wildman–Crippen MR) is 72.7 cm³/mol. The molecular formula is C14H29NO3. The molecule has 0 aromatic carbocycles. The fourth-order valence-corrected chi connectivity index (χ4v) is 2.52. The van der Waals surface area contributed by atoms with E-state index in [2.05, 4.69) is 14.8 Å². The topological polar surface area (TPSA) is 39.7 Å². The molecule has 0 spiro atoms. The lowest BCUT2D eigenvalue weighted by Gasteiger charge is -2.30. The highest BCUT2D eigenvalue weighted by Crippen LogP contribution is 2.23. The van der Waals surface area contributed by atoms with Crippen LogP contribution in [0.1, 0.15) is 44.9 Å². The van der Waals surface area contributed by atoms with Gasteiger partial charge in [-0.1, -0.05) is 19.3 Å². The van der Waals surface area contributed by atoms with E-state index in [1.54, 1.807) is 14.2 Å². The van der Waals surface area contributed by atoms with Crippen molar-refractivity contribution in [3.8, 4) is 0 Å². The number of piperidine rings is 1. The van der Waals surface area contributed by atoms with Crippen LogP contribution in [0.3, 0.4) is 0 Å². The zero-order valence-corrected chi connectivity index (χ0v) is 12.0. The minimum absolute atomic E-state index is 0.389. The molecular weight excluding hydrogens is 230 g/mol. The first kappa shape index (κ1) is 15.9. The molecule has 1 N–H and O–H groups in total. The van der Waals surface area contributed by atoms with Gasteiger partial charge >= 0.3 is 0 Å². The maximum absolute atomic E-state index is 6.09. The Morgan fingerprint density at radius 3 is 1.89 bits per heavy atom. The van der Waals surface area contributed by atoms with Crippen molar-refractivity contribution in [2.75, 3.05) is 34.1 Å². The van der Waals surface area contributed by atoms with Crippen LogP contribution < -0.4 is 5.32 Å². The van der Waals surface area contributed by atoms with E-state index in [4.69, 9.17) is 4.74 Å². The van der Waals surface area contributed by atoms with Crippen molar-refractivity contribution in [1.82, 2.24) is 5.32 Å². The number of nitrogens with one attached hydrogen (secondary N) is 1. The fourth-order valence-electron chi connectivity index (χ4n) is 2.52. The van der Waals surface area contributed by atoms with Crippen LogP contribution in [-0.2, 0) is 14.2 Å². The Balaban J connectivity index is 0.000000280. The van der Waals surface area contributed by atoms with Gasteiger partial charge in [-0.25, -0.2) is 0 Å². The Morgan fingerprint density at radius 1 is 0.833 bits per heavy atom. The molecule has 1 saturated carbocycles. The summed E-state index contributed by atoms with van der Waals surface area (Å²) in [5.41, 5.74) is 0. The van der Waals surface area contributed by atoms with Crippen molar-refractivity contribution in [2.45, 2.75) is 57.2 Å². The Hall–Kier alpha value is -0.160. The minimum Gasteiger partial charge on any atom is -0.375 e. The van der Waals surface area contributed by atoms with Gasteiger partial charge < -0.3 is 19.5 Å². The van der Waals surface area contributed by atoms with Crippen LogP contribution in [0.25, 0.3) is 0 Å². The number of methoxy groups -OCH3 is 2. The summed E-state index contributed by atoms with van der Waals surface area (Å²) in [4.78, 5) is 0. The molecule has 2 aliphatic rings. The maximum Gasteiger partial charge on any atom is 0.145 e. The molecule has 0 amide bonds. The summed E-state index contributed by atoms with van der Waals surface area (Å²) in [5, 5.41) is 3.37. The molecule has 0 aromatic heterocycles. The van der Waals surface area contributed by atoms with Gasteiger partial charge in [-0.2, -0.15) is 0 Å². The predicted octanol–water partition coefficient (Wildman–Crippen LogP) is 2.32. The Labute approximate surface area is 111 Å². The molecule has 0 atom stereocenters. The van der Waals surface area contributed by atoms with Gasteiger partial charge in [0.2, 0.25) is 0 Å². The van der Waals surface area contributed by atoms with Gasteiger partial charge in [0.05, 0.1) is 12.2 Å². The zero-order chi connectivity index (χ0) is 13.1. The number of hydrogen-bond acceptors (Lipinski definition) is 4. The third-order valence-electron chi connectivity index (χ3n) is 3.46. The van der Waals surface area contributed by atoms with Gasteiger partial charge in [-0.3, -0.25) is 0 Å². The molecule has 2 rings (SSSR count). The number of ether oxygens (including phenoxy) is 3. The van der Waals surface area contributed by atoms with E-state index in [1.807, 2.05) is 0 Å². The first-order valence-corrected chi connectivity index (χ1v) is 7.21. The first-order chi connectivity index (χ1) is 8.86. The van der Waals surface area contributed by atoms with Gasteiger partial charge in [0.15, 0.2) is 0 Å². The van der Waals surface area contributed by atoms with Crippen molar-refractivity contribution < 1.29 is 14.2 Å². The van der Waals surface area contributed by atoms with Crippen LogP contribution in [0.2, 0.25) is 0 Å². The molecule has 0 aromatic rings. The Morgan fingerprint density at radius 2 is 1.39 bits per heavy atom. The molecule has 0 unspecified atom stereocenters. The van der Waals surface area contributed by atoms with E-state index >= 15 is 0 Å². The monoisotopic (exact) mass is 259 g/mol. The molecule has 1 aliphatic carbocycles. The Kier molecular flexibility index (Phi) is 9.48. The third-order valence-corrected chi connectivity index (χ3v) is 3.46. The van der Waals surface area contributed by atoms with Crippen LogP contribution in [0.15, 0.2) is 0 Å². The molecule has 1 saturated heterocycles. The van der Waals surface area contributed by atoms with Crippen LogP contribution in [-0.4, -0.2) is 46.3 Å². The van der Waals surface area contributed by atoms with E-state index in [0.29, 0.717) is 19.0 Å². The van der Waals surface area contributed by atoms with Gasteiger partial charge in [-0.15, -0.1) is 0 Å². The third kappa shape index (κ3) is 7.31. The quantitative estimate of drug-likeness (QED) is 0.787. The Bertz CT molecular complexity index is 160. The fraction of sp³-hybridized carbons (Fsp3) is 1.00. The molecule has 108 valence electrons. The summed E-state index contributed by atoms with van der Waals surface area (Å²) < 4.78 is 15.0. The highest BCUT2D eigenvalue weighted by molar-refractivity contribution is 4.72. The highest BCUT2D eigenvalue weighted by atomic mass is 16.6. The molecule has 1 aliphatic heterocycles. The first-order valence-electron chi connectivity index (χ1n) is 7.21. The summed E-state index contributed by atoms with van der Waals surface area (Å²) in [7, 11) is 3.17. The van der Waals surface area contributed by atoms with Crippen molar-refractivity contribution in [2.24, 2.45) is 0 Å². The average molecular weight is 259 g/mol. The second-order valence-corrected chi connectivity index (χ2v) is 5.04. The van der Waals surface area contributed by atoms with E-state index in [0.717, 1.165) is 13.1 Å². The molecule has 0 radical (unpaired) electrons. The van der Waals surface area contributed by atoms with Crippen LogP contribution >= 0.6 is 0 Å². The molecule has 18 heavy (non-hydrogen) atoms.